The number of likely N-dealkylation sites (N-methyl/N-ethyl adjacent to an activating group) is 1. The zero-order valence-corrected chi connectivity index (χ0v) is 11.0. The largest absolute Gasteiger partial charge is 0.416 e. The summed E-state index contributed by atoms with van der Waals surface area (Å²) in [6.07, 6.45) is -1.91. The summed E-state index contributed by atoms with van der Waals surface area (Å²) in [6.45, 7) is 5.07. The number of hydrogen-bond donors (Lipinski definition) is 1. The number of anilines is 1. The van der Waals surface area contributed by atoms with Gasteiger partial charge in [0.05, 0.1) is 5.56 Å². The van der Waals surface area contributed by atoms with Crippen LogP contribution in [0.1, 0.15) is 25.3 Å². The first-order valence-electron chi connectivity index (χ1n) is 6.66. The van der Waals surface area contributed by atoms with E-state index in [2.05, 4.69) is 17.1 Å². The Morgan fingerprint density at radius 1 is 1.26 bits per heavy atom. The Balaban J connectivity index is 1.90. The van der Waals surface area contributed by atoms with Crippen molar-refractivity contribution in [1.82, 2.24) is 4.90 Å². The second-order valence-corrected chi connectivity index (χ2v) is 4.88. The van der Waals surface area contributed by atoms with E-state index in [1.807, 2.05) is 0 Å². The lowest BCUT2D eigenvalue weighted by Crippen LogP contribution is -2.34. The minimum Gasteiger partial charge on any atom is -0.383 e. The van der Waals surface area contributed by atoms with Crippen molar-refractivity contribution < 1.29 is 13.2 Å². The SMILES string of the molecule is CCN1CCCC1CNc1ccc(C(F)(F)F)cc1. The van der Waals surface area contributed by atoms with Crippen molar-refractivity contribution in [3.63, 3.8) is 0 Å². The van der Waals surface area contributed by atoms with Crippen LogP contribution in [0.3, 0.4) is 0 Å². The van der Waals surface area contributed by atoms with Crippen LogP contribution in [-0.2, 0) is 6.18 Å². The molecule has 1 saturated heterocycles. The molecule has 0 aromatic heterocycles. The van der Waals surface area contributed by atoms with Gasteiger partial charge in [-0.2, -0.15) is 13.2 Å². The molecule has 0 spiro atoms. The minimum atomic E-state index is -4.26. The van der Waals surface area contributed by atoms with Gasteiger partial charge < -0.3 is 5.32 Å². The topological polar surface area (TPSA) is 15.3 Å². The Kier molecular flexibility index (Phi) is 4.34. The number of hydrogen-bond acceptors (Lipinski definition) is 2. The first-order valence-corrected chi connectivity index (χ1v) is 6.66. The van der Waals surface area contributed by atoms with Crippen LogP contribution in [0.25, 0.3) is 0 Å². The van der Waals surface area contributed by atoms with Crippen molar-refractivity contribution in [3.05, 3.63) is 29.8 Å². The van der Waals surface area contributed by atoms with Gasteiger partial charge in [0, 0.05) is 18.3 Å². The van der Waals surface area contributed by atoms with E-state index in [0.29, 0.717) is 6.04 Å². The van der Waals surface area contributed by atoms with Crippen LogP contribution in [0, 0.1) is 0 Å². The third-order valence-corrected chi connectivity index (χ3v) is 3.66. The summed E-state index contributed by atoms with van der Waals surface area (Å²) in [6, 6.07) is 5.72. The summed E-state index contributed by atoms with van der Waals surface area (Å²) in [5, 5.41) is 3.22. The number of alkyl halides is 3. The summed E-state index contributed by atoms with van der Waals surface area (Å²) in [5.74, 6) is 0. The molecule has 1 fully saturated rings. The number of likely N-dealkylation sites (tertiary alicyclic amines) is 1. The monoisotopic (exact) mass is 272 g/mol. The van der Waals surface area contributed by atoms with Crippen molar-refractivity contribution in [3.8, 4) is 0 Å². The van der Waals surface area contributed by atoms with Crippen LogP contribution in [0.15, 0.2) is 24.3 Å². The molecule has 0 radical (unpaired) electrons. The summed E-state index contributed by atoms with van der Waals surface area (Å²) >= 11 is 0. The van der Waals surface area contributed by atoms with Gasteiger partial charge in [-0.15, -0.1) is 0 Å². The van der Waals surface area contributed by atoms with Gasteiger partial charge >= 0.3 is 6.18 Å². The van der Waals surface area contributed by atoms with Gasteiger partial charge in [-0.05, 0) is 50.2 Å². The third-order valence-electron chi connectivity index (χ3n) is 3.66. The van der Waals surface area contributed by atoms with Crippen molar-refractivity contribution in [2.24, 2.45) is 0 Å². The highest BCUT2D eigenvalue weighted by molar-refractivity contribution is 5.45. The predicted molar refractivity (Wildman–Crippen MR) is 70.2 cm³/mol. The molecule has 1 aliphatic heterocycles. The molecule has 0 amide bonds. The molecular weight excluding hydrogens is 253 g/mol. The zero-order valence-electron chi connectivity index (χ0n) is 11.0. The average Bonchev–Trinajstić information content (AvgIpc) is 2.83. The average molecular weight is 272 g/mol. The first kappa shape index (κ1) is 14.2. The highest BCUT2D eigenvalue weighted by atomic mass is 19.4. The molecule has 2 nitrogen and oxygen atoms in total. The fraction of sp³-hybridized carbons (Fsp3) is 0.571. The fourth-order valence-electron chi connectivity index (χ4n) is 2.56. The van der Waals surface area contributed by atoms with Crippen LogP contribution in [0.2, 0.25) is 0 Å². The number of benzene rings is 1. The second-order valence-electron chi connectivity index (χ2n) is 4.88. The fourth-order valence-corrected chi connectivity index (χ4v) is 2.56. The summed E-state index contributed by atoms with van der Waals surface area (Å²) < 4.78 is 37.3. The van der Waals surface area contributed by atoms with Gasteiger partial charge in [-0.25, -0.2) is 0 Å². The van der Waals surface area contributed by atoms with Gasteiger partial charge in [-0.3, -0.25) is 4.90 Å². The first-order chi connectivity index (χ1) is 9.00. The van der Waals surface area contributed by atoms with Crippen molar-refractivity contribution >= 4 is 5.69 Å². The highest BCUT2D eigenvalue weighted by Gasteiger charge is 2.30. The summed E-state index contributed by atoms with van der Waals surface area (Å²) in [7, 11) is 0. The molecule has 106 valence electrons. The molecule has 1 atom stereocenters. The van der Waals surface area contributed by atoms with Gasteiger partial charge in [0.25, 0.3) is 0 Å². The van der Waals surface area contributed by atoms with Gasteiger partial charge in [0.15, 0.2) is 0 Å². The smallest absolute Gasteiger partial charge is 0.383 e. The Bertz CT molecular complexity index is 400. The molecule has 1 unspecified atom stereocenters. The van der Waals surface area contributed by atoms with E-state index in [4.69, 9.17) is 0 Å². The standard InChI is InChI=1S/C14H19F3N2/c1-2-19-9-3-4-13(19)10-18-12-7-5-11(6-8-12)14(15,16)17/h5-8,13,18H,2-4,9-10H2,1H3. The zero-order chi connectivity index (χ0) is 13.9. The van der Waals surface area contributed by atoms with E-state index in [1.165, 1.54) is 18.6 Å². The van der Waals surface area contributed by atoms with Crippen LogP contribution in [0.4, 0.5) is 18.9 Å². The molecule has 0 bridgehead atoms. The molecule has 1 heterocycles. The number of nitrogens with zero attached hydrogens (tertiary/aromatic N) is 1. The van der Waals surface area contributed by atoms with Crippen molar-refractivity contribution in [1.29, 1.82) is 0 Å². The van der Waals surface area contributed by atoms with Crippen LogP contribution in [-0.4, -0.2) is 30.6 Å². The molecular formula is C14H19F3N2. The molecule has 1 aromatic carbocycles. The van der Waals surface area contributed by atoms with E-state index in [1.54, 1.807) is 0 Å². The normalized spacial score (nSPS) is 20.7. The third kappa shape index (κ3) is 3.62. The van der Waals surface area contributed by atoms with E-state index in [9.17, 15) is 13.2 Å². The van der Waals surface area contributed by atoms with Crippen molar-refractivity contribution in [2.75, 3.05) is 25.0 Å². The van der Waals surface area contributed by atoms with Gasteiger partial charge in [-0.1, -0.05) is 6.92 Å². The van der Waals surface area contributed by atoms with E-state index < -0.39 is 11.7 Å². The maximum Gasteiger partial charge on any atom is 0.416 e. The minimum absolute atomic E-state index is 0.493. The maximum absolute atomic E-state index is 12.4. The van der Waals surface area contributed by atoms with E-state index in [0.717, 1.165) is 43.9 Å². The molecule has 1 aromatic rings. The van der Waals surface area contributed by atoms with E-state index in [-0.39, 0.29) is 0 Å². The molecule has 5 heteroatoms. The number of halogens is 3. The van der Waals surface area contributed by atoms with Gasteiger partial charge in [0.2, 0.25) is 0 Å². The highest BCUT2D eigenvalue weighted by Crippen LogP contribution is 2.29. The second kappa shape index (κ2) is 5.82. The van der Waals surface area contributed by atoms with Crippen molar-refractivity contribution in [2.45, 2.75) is 32.0 Å². The molecule has 2 rings (SSSR count). The number of rotatable bonds is 4. The lowest BCUT2D eigenvalue weighted by atomic mass is 10.2. The maximum atomic E-state index is 12.4. The van der Waals surface area contributed by atoms with E-state index >= 15 is 0 Å². The van der Waals surface area contributed by atoms with Gasteiger partial charge in [0.1, 0.15) is 0 Å². The molecule has 19 heavy (non-hydrogen) atoms. The summed E-state index contributed by atoms with van der Waals surface area (Å²) in [5.41, 5.74) is 0.144. The lowest BCUT2D eigenvalue weighted by Gasteiger charge is -2.23. The summed E-state index contributed by atoms with van der Waals surface area (Å²) in [4.78, 5) is 2.40. The Morgan fingerprint density at radius 3 is 2.53 bits per heavy atom. The quantitative estimate of drug-likeness (QED) is 0.901. The van der Waals surface area contributed by atoms with Crippen LogP contribution < -0.4 is 5.32 Å². The lowest BCUT2D eigenvalue weighted by molar-refractivity contribution is -0.137. The Morgan fingerprint density at radius 2 is 1.95 bits per heavy atom. The molecule has 1 N–H and O–H groups in total. The predicted octanol–water partition coefficient (Wildman–Crippen LogP) is 3.60. The molecule has 0 aliphatic carbocycles. The Labute approximate surface area is 111 Å². The molecule has 1 aliphatic rings. The van der Waals surface area contributed by atoms with Crippen LogP contribution >= 0.6 is 0 Å². The number of nitrogens with one attached hydrogen (secondary N) is 1. The van der Waals surface area contributed by atoms with Crippen LogP contribution in [0.5, 0.6) is 0 Å². The molecule has 0 saturated carbocycles. The Hall–Kier alpha value is -1.23.